The third-order valence-corrected chi connectivity index (χ3v) is 3.91. The van der Waals surface area contributed by atoms with E-state index < -0.39 is 5.72 Å². The van der Waals surface area contributed by atoms with Gasteiger partial charge in [-0.15, -0.1) is 0 Å². The Bertz CT molecular complexity index is 429. The molecule has 1 aromatic rings. The molecule has 1 fully saturated rings. The van der Waals surface area contributed by atoms with E-state index in [9.17, 15) is 5.11 Å². The minimum Gasteiger partial charge on any atom is -0.486 e. The number of hydrogen-bond donors (Lipinski definition) is 2. The van der Waals surface area contributed by atoms with Crippen molar-refractivity contribution >= 4 is 0 Å². The first kappa shape index (κ1) is 12.8. The Hall–Kier alpha value is -1.26. The molecule has 1 unspecified atom stereocenters. The van der Waals surface area contributed by atoms with Gasteiger partial charge in [0.05, 0.1) is 0 Å². The lowest BCUT2D eigenvalue weighted by atomic mass is 9.91. The summed E-state index contributed by atoms with van der Waals surface area (Å²) >= 11 is 0. The highest BCUT2D eigenvalue weighted by Gasteiger charge is 2.30. The summed E-state index contributed by atoms with van der Waals surface area (Å²) in [6.45, 7) is 1.14. The fourth-order valence-corrected chi connectivity index (χ4v) is 2.78. The van der Waals surface area contributed by atoms with Crippen LogP contribution in [0.4, 0.5) is 0 Å². The Labute approximate surface area is 113 Å². The highest BCUT2D eigenvalue weighted by molar-refractivity contribution is 5.40. The van der Waals surface area contributed by atoms with Crippen molar-refractivity contribution in [3.05, 3.63) is 24.3 Å². The summed E-state index contributed by atoms with van der Waals surface area (Å²) in [5, 5.41) is 13.6. The van der Waals surface area contributed by atoms with Gasteiger partial charge in [0.2, 0.25) is 0 Å². The van der Waals surface area contributed by atoms with Crippen molar-refractivity contribution in [3.8, 4) is 11.5 Å². The van der Waals surface area contributed by atoms with E-state index in [0.29, 0.717) is 13.2 Å². The average Bonchev–Trinajstić information content (AvgIpc) is 2.46. The maximum atomic E-state index is 10.4. The molecule has 1 aliphatic heterocycles. The van der Waals surface area contributed by atoms with Crippen LogP contribution in [0.1, 0.15) is 32.1 Å². The third kappa shape index (κ3) is 3.01. The van der Waals surface area contributed by atoms with Crippen LogP contribution in [0, 0.1) is 0 Å². The molecule has 4 nitrogen and oxygen atoms in total. The second-order valence-corrected chi connectivity index (χ2v) is 5.47. The number of para-hydroxylation sites is 2. The van der Waals surface area contributed by atoms with Crippen LogP contribution in [0.5, 0.6) is 11.5 Å². The van der Waals surface area contributed by atoms with Gasteiger partial charge in [0, 0.05) is 6.54 Å². The molecule has 19 heavy (non-hydrogen) atoms. The fourth-order valence-electron chi connectivity index (χ4n) is 2.78. The second kappa shape index (κ2) is 5.39. The van der Waals surface area contributed by atoms with Gasteiger partial charge in [-0.25, -0.2) is 0 Å². The Balaban J connectivity index is 1.54. The molecule has 1 aliphatic carbocycles. The van der Waals surface area contributed by atoms with E-state index in [1.54, 1.807) is 0 Å². The SMILES string of the molecule is OC1(NCC2COc3ccccc3O2)CCCCC1. The Kier molecular flexibility index (Phi) is 3.62. The fraction of sp³-hybridized carbons (Fsp3) is 0.600. The quantitative estimate of drug-likeness (QED) is 0.820. The monoisotopic (exact) mass is 263 g/mol. The number of hydrogen-bond acceptors (Lipinski definition) is 4. The van der Waals surface area contributed by atoms with E-state index in [2.05, 4.69) is 5.32 Å². The van der Waals surface area contributed by atoms with Gasteiger partial charge in [0.25, 0.3) is 0 Å². The molecular formula is C15H21NO3. The lowest BCUT2D eigenvalue weighted by molar-refractivity contribution is -0.0390. The highest BCUT2D eigenvalue weighted by atomic mass is 16.6. The molecule has 0 bridgehead atoms. The van der Waals surface area contributed by atoms with Crippen LogP contribution in [0.2, 0.25) is 0 Å². The zero-order chi connectivity index (χ0) is 13.1. The van der Waals surface area contributed by atoms with E-state index in [-0.39, 0.29) is 6.10 Å². The zero-order valence-corrected chi connectivity index (χ0v) is 11.1. The average molecular weight is 263 g/mol. The van der Waals surface area contributed by atoms with Crippen LogP contribution < -0.4 is 14.8 Å². The van der Waals surface area contributed by atoms with E-state index in [1.165, 1.54) is 6.42 Å². The smallest absolute Gasteiger partial charge is 0.161 e. The topological polar surface area (TPSA) is 50.7 Å². The summed E-state index contributed by atoms with van der Waals surface area (Å²) < 4.78 is 11.5. The van der Waals surface area contributed by atoms with Gasteiger partial charge < -0.3 is 14.6 Å². The lowest BCUT2D eigenvalue weighted by Crippen LogP contribution is -2.51. The minimum absolute atomic E-state index is 0.0409. The van der Waals surface area contributed by atoms with Gasteiger partial charge in [0.15, 0.2) is 11.5 Å². The Morgan fingerprint density at radius 1 is 1.16 bits per heavy atom. The van der Waals surface area contributed by atoms with Crippen LogP contribution in [0.25, 0.3) is 0 Å². The molecule has 0 aromatic heterocycles. The van der Waals surface area contributed by atoms with Gasteiger partial charge in [-0.1, -0.05) is 18.6 Å². The van der Waals surface area contributed by atoms with Crippen molar-refractivity contribution in [2.45, 2.75) is 43.9 Å². The summed E-state index contributed by atoms with van der Waals surface area (Å²) in [5.74, 6) is 1.59. The number of nitrogens with one attached hydrogen (secondary N) is 1. The first-order chi connectivity index (χ1) is 9.25. The van der Waals surface area contributed by atoms with E-state index >= 15 is 0 Å². The maximum absolute atomic E-state index is 10.4. The molecule has 4 heteroatoms. The van der Waals surface area contributed by atoms with Crippen molar-refractivity contribution in [3.63, 3.8) is 0 Å². The van der Waals surface area contributed by atoms with Crippen LogP contribution in [-0.4, -0.2) is 30.1 Å². The van der Waals surface area contributed by atoms with Crippen molar-refractivity contribution in [2.75, 3.05) is 13.2 Å². The Morgan fingerprint density at radius 3 is 2.68 bits per heavy atom. The zero-order valence-electron chi connectivity index (χ0n) is 11.1. The van der Waals surface area contributed by atoms with E-state index in [4.69, 9.17) is 9.47 Å². The first-order valence-corrected chi connectivity index (χ1v) is 7.11. The van der Waals surface area contributed by atoms with Crippen LogP contribution >= 0.6 is 0 Å². The standard InChI is InChI=1S/C15H21NO3/c17-15(8-4-1-5-9-15)16-10-12-11-18-13-6-2-3-7-14(13)19-12/h2-3,6-7,12,16-17H,1,4-5,8-11H2. The lowest BCUT2D eigenvalue weighted by Gasteiger charge is -2.35. The van der Waals surface area contributed by atoms with Crippen molar-refractivity contribution in [1.82, 2.24) is 5.32 Å². The molecule has 0 amide bonds. The normalized spacial score (nSPS) is 25.0. The van der Waals surface area contributed by atoms with Gasteiger partial charge in [0.1, 0.15) is 18.4 Å². The predicted octanol–water partition coefficient (Wildman–Crippen LogP) is 2.07. The van der Waals surface area contributed by atoms with Crippen LogP contribution in [-0.2, 0) is 0 Å². The van der Waals surface area contributed by atoms with Gasteiger partial charge in [-0.3, -0.25) is 5.32 Å². The Morgan fingerprint density at radius 2 is 1.89 bits per heavy atom. The van der Waals surface area contributed by atoms with Crippen LogP contribution in [0.15, 0.2) is 24.3 Å². The van der Waals surface area contributed by atoms with Gasteiger partial charge >= 0.3 is 0 Å². The largest absolute Gasteiger partial charge is 0.486 e. The molecule has 1 heterocycles. The highest BCUT2D eigenvalue weighted by Crippen LogP contribution is 2.31. The van der Waals surface area contributed by atoms with Crippen molar-refractivity contribution in [1.29, 1.82) is 0 Å². The third-order valence-electron chi connectivity index (χ3n) is 3.91. The first-order valence-electron chi connectivity index (χ1n) is 7.11. The number of fused-ring (bicyclic) bond motifs is 1. The molecule has 2 N–H and O–H groups in total. The summed E-state index contributed by atoms with van der Waals surface area (Å²) in [6, 6.07) is 7.70. The number of benzene rings is 1. The van der Waals surface area contributed by atoms with Crippen molar-refractivity contribution in [2.24, 2.45) is 0 Å². The molecule has 2 aliphatic rings. The number of ether oxygens (including phenoxy) is 2. The molecule has 1 atom stereocenters. The van der Waals surface area contributed by atoms with E-state index in [0.717, 1.165) is 37.2 Å². The minimum atomic E-state index is -0.710. The summed E-state index contributed by atoms with van der Waals surface area (Å²) in [6.07, 6.45) is 5.03. The molecule has 3 rings (SSSR count). The predicted molar refractivity (Wildman–Crippen MR) is 72.4 cm³/mol. The molecule has 0 spiro atoms. The molecule has 104 valence electrons. The molecule has 1 aromatic carbocycles. The summed E-state index contributed by atoms with van der Waals surface area (Å²) in [5.41, 5.74) is -0.710. The maximum Gasteiger partial charge on any atom is 0.161 e. The second-order valence-electron chi connectivity index (χ2n) is 5.47. The summed E-state index contributed by atoms with van der Waals surface area (Å²) in [4.78, 5) is 0. The summed E-state index contributed by atoms with van der Waals surface area (Å²) in [7, 11) is 0. The number of aliphatic hydroxyl groups is 1. The van der Waals surface area contributed by atoms with Gasteiger partial charge in [-0.2, -0.15) is 0 Å². The number of rotatable bonds is 3. The molecule has 0 radical (unpaired) electrons. The van der Waals surface area contributed by atoms with Crippen molar-refractivity contribution < 1.29 is 14.6 Å². The van der Waals surface area contributed by atoms with Crippen LogP contribution in [0.3, 0.4) is 0 Å². The van der Waals surface area contributed by atoms with E-state index in [1.807, 2.05) is 24.3 Å². The molecule has 0 saturated heterocycles. The molecule has 1 saturated carbocycles. The van der Waals surface area contributed by atoms with Gasteiger partial charge in [-0.05, 0) is 37.8 Å². The molecular weight excluding hydrogens is 242 g/mol.